The van der Waals surface area contributed by atoms with E-state index in [1.807, 2.05) is 49.7 Å². The number of hydrogen-bond donors (Lipinski definition) is 7. The Bertz CT molecular complexity index is 2730. The number of nitrogens with one attached hydrogen (secondary N) is 3. The summed E-state index contributed by atoms with van der Waals surface area (Å²) in [6.45, 7) is 3.13. The highest BCUT2D eigenvalue weighted by molar-refractivity contribution is 5.83. The van der Waals surface area contributed by atoms with Gasteiger partial charge in [-0.2, -0.15) is 0 Å². The van der Waals surface area contributed by atoms with Crippen LogP contribution in [-0.4, -0.2) is 111 Å². The van der Waals surface area contributed by atoms with Gasteiger partial charge in [0.25, 0.3) is 0 Å². The maximum atomic E-state index is 12.3. The summed E-state index contributed by atoms with van der Waals surface area (Å²) in [6, 6.07) is 16.7. The summed E-state index contributed by atoms with van der Waals surface area (Å²) in [5.41, 5.74) is 11.3. The Hall–Kier alpha value is -6.85. The van der Waals surface area contributed by atoms with Crippen LogP contribution in [0.25, 0.3) is 0 Å². The number of rotatable bonds is 17. The van der Waals surface area contributed by atoms with E-state index >= 15 is 0 Å². The second-order valence-electron chi connectivity index (χ2n) is 20.3. The van der Waals surface area contributed by atoms with Crippen molar-refractivity contribution in [2.24, 2.45) is 15.4 Å². The lowest BCUT2D eigenvalue weighted by molar-refractivity contribution is -0.160. The molecule has 380 valence electrons. The van der Waals surface area contributed by atoms with Gasteiger partial charge in [0, 0.05) is 87.7 Å². The Kier molecular flexibility index (Phi) is 14.3. The predicted molar refractivity (Wildman–Crippen MR) is 273 cm³/mol. The van der Waals surface area contributed by atoms with E-state index < -0.39 is 17.7 Å². The zero-order chi connectivity index (χ0) is 49.8. The smallest absolute Gasteiger partial charge is 0.302 e. The first-order valence-electron chi connectivity index (χ1n) is 25.6. The summed E-state index contributed by atoms with van der Waals surface area (Å²) < 4.78 is 25.3. The predicted octanol–water partition coefficient (Wildman–Crippen LogP) is 6.69. The molecule has 17 heteroatoms. The lowest BCUT2D eigenvalue weighted by atomic mass is 9.55. The number of piperidine rings is 1. The van der Waals surface area contributed by atoms with Gasteiger partial charge in [-0.15, -0.1) is 0 Å². The number of nitrogens with two attached hydrogens (primary N) is 1. The zero-order valence-corrected chi connectivity index (χ0v) is 41.1. The molecule has 2 saturated heterocycles. The monoisotopic (exact) mass is 982 g/mol. The molecule has 1 aliphatic carbocycles. The van der Waals surface area contributed by atoms with Gasteiger partial charge in [0.1, 0.15) is 24.2 Å². The van der Waals surface area contributed by atoms with Crippen molar-refractivity contribution in [3.63, 3.8) is 0 Å². The molecule has 72 heavy (non-hydrogen) atoms. The van der Waals surface area contributed by atoms with E-state index in [2.05, 4.69) is 43.1 Å². The van der Waals surface area contributed by atoms with Crippen LogP contribution in [0.4, 0.5) is 5.82 Å². The van der Waals surface area contributed by atoms with Crippen molar-refractivity contribution in [1.29, 1.82) is 0 Å². The highest BCUT2D eigenvalue weighted by Crippen LogP contribution is 2.57. The molecule has 5 aliphatic heterocycles. The molecule has 3 fully saturated rings. The number of nitrogens with zero attached hydrogens (tertiary/aromatic N) is 5. The fourth-order valence-corrected chi connectivity index (χ4v) is 12.2. The average molecular weight is 982 g/mol. The molecule has 6 aliphatic rings. The molecule has 1 saturated carbocycles. The van der Waals surface area contributed by atoms with Crippen molar-refractivity contribution in [3.05, 3.63) is 119 Å². The van der Waals surface area contributed by atoms with Crippen molar-refractivity contribution in [1.82, 2.24) is 30.8 Å². The van der Waals surface area contributed by atoms with Crippen LogP contribution in [-0.2, 0) is 33.5 Å². The van der Waals surface area contributed by atoms with Gasteiger partial charge in [0.15, 0.2) is 29.0 Å². The van der Waals surface area contributed by atoms with Crippen molar-refractivity contribution in [3.8, 4) is 28.7 Å². The number of allylic oxidation sites excluding steroid dienone is 1. The fourth-order valence-electron chi connectivity index (χ4n) is 12.2. The maximum absolute atomic E-state index is 12.3. The second kappa shape index (κ2) is 21.1. The molecule has 2 aromatic heterocycles. The van der Waals surface area contributed by atoms with E-state index in [-0.39, 0.29) is 65.4 Å². The lowest BCUT2D eigenvalue weighted by Crippen LogP contribution is -2.76. The number of aliphatic imine (C=N–C) groups is 2. The zero-order valence-electron chi connectivity index (χ0n) is 41.1. The van der Waals surface area contributed by atoms with E-state index in [1.54, 1.807) is 30.7 Å². The number of fused-ring (bicyclic) bond motifs is 6. The number of anilines is 1. The third-order valence-corrected chi connectivity index (χ3v) is 15.5. The number of pyridine rings is 2. The van der Waals surface area contributed by atoms with E-state index in [4.69, 9.17) is 34.7 Å². The Labute approximate surface area is 420 Å². The molecule has 1 unspecified atom stereocenters. The Morgan fingerprint density at radius 1 is 0.972 bits per heavy atom. The van der Waals surface area contributed by atoms with Crippen LogP contribution in [0, 0.1) is 5.41 Å². The van der Waals surface area contributed by atoms with Crippen LogP contribution in [0.1, 0.15) is 99.5 Å². The number of phenolic OH excluding ortho intramolecular Hbond substituents is 3. The first-order valence-corrected chi connectivity index (χ1v) is 25.6. The van der Waals surface area contributed by atoms with Gasteiger partial charge in [-0.3, -0.25) is 14.8 Å². The molecule has 8 atom stereocenters. The van der Waals surface area contributed by atoms with Gasteiger partial charge >= 0.3 is 5.97 Å². The first-order chi connectivity index (χ1) is 35.0. The van der Waals surface area contributed by atoms with Crippen molar-refractivity contribution in [2.45, 2.75) is 133 Å². The number of hydrogen-bond acceptors (Lipinski definition) is 17. The number of carbonyl (C=O) groups excluding carboxylic acids is 1. The number of aromatic hydroxyl groups is 3. The van der Waals surface area contributed by atoms with Crippen LogP contribution in [0.15, 0.2) is 107 Å². The second-order valence-corrected chi connectivity index (χ2v) is 20.3. The number of carbonyl (C=O) groups is 1. The number of aromatic nitrogens is 2. The molecule has 0 amide bonds. The van der Waals surface area contributed by atoms with E-state index in [0.717, 1.165) is 86.4 Å². The molecule has 17 nitrogen and oxygen atoms in total. The minimum atomic E-state index is -0.549. The molecule has 0 bridgehead atoms. The van der Waals surface area contributed by atoms with Crippen LogP contribution in [0.2, 0.25) is 0 Å². The number of esters is 1. The number of guanidine groups is 1. The van der Waals surface area contributed by atoms with E-state index in [1.165, 1.54) is 18.6 Å². The van der Waals surface area contributed by atoms with Crippen LogP contribution in [0.5, 0.6) is 28.7 Å². The molecular formula is C55H67N9O8. The molecule has 2 aromatic carbocycles. The Morgan fingerprint density at radius 3 is 2.69 bits per heavy atom. The molecule has 8 N–H and O–H groups in total. The third-order valence-electron chi connectivity index (χ3n) is 15.5. The average Bonchev–Trinajstić information content (AvgIpc) is 3.98. The molecule has 10 rings (SSSR count). The van der Waals surface area contributed by atoms with Crippen molar-refractivity contribution >= 4 is 24.0 Å². The summed E-state index contributed by atoms with van der Waals surface area (Å²) in [5, 5.41) is 44.2. The summed E-state index contributed by atoms with van der Waals surface area (Å²) in [7, 11) is 2.03. The molecule has 7 heterocycles. The number of ether oxygens (including phenoxy) is 4. The largest absolute Gasteiger partial charge is 0.504 e. The van der Waals surface area contributed by atoms with E-state index in [0.29, 0.717) is 55.7 Å². The summed E-state index contributed by atoms with van der Waals surface area (Å²) >= 11 is 0. The Balaban J connectivity index is 0.841. The molecule has 4 aromatic rings. The summed E-state index contributed by atoms with van der Waals surface area (Å²) in [4.78, 5) is 33.3. The normalized spacial score (nSPS) is 27.1. The van der Waals surface area contributed by atoms with Gasteiger partial charge in [-0.1, -0.05) is 12.1 Å². The van der Waals surface area contributed by atoms with Crippen LogP contribution < -0.4 is 31.2 Å². The molecule has 1 spiro atoms. The highest BCUT2D eigenvalue weighted by atomic mass is 16.6. The van der Waals surface area contributed by atoms with Gasteiger partial charge in [-0.25, -0.2) is 9.98 Å². The lowest BCUT2D eigenvalue weighted by Gasteiger charge is -2.63. The number of aryl methyl sites for hydroxylation is 2. The SMILES string of the molecule is CNC[C@@]12CCC3C4=CC=NC4=CN3[C@H]1N=C(NCCCc1ccnc(N)c1)N[C@@]21CCC[C@H](Oc2cc(CC[C@H]3C[C@@H](OC(C)=O)C[C@@H](c4cc(O)c(O)c(OCCc5cccnc5)c4)O3)ccc2O)C1. The molecule has 0 radical (unpaired) electrons. The summed E-state index contributed by atoms with van der Waals surface area (Å²) in [6.07, 6.45) is 19.5. The van der Waals surface area contributed by atoms with Crippen LogP contribution in [0.3, 0.4) is 0 Å². The maximum Gasteiger partial charge on any atom is 0.302 e. The van der Waals surface area contributed by atoms with Gasteiger partial charge in [0.05, 0.1) is 36.1 Å². The van der Waals surface area contributed by atoms with Crippen LogP contribution >= 0.6 is 0 Å². The van der Waals surface area contributed by atoms with Crippen molar-refractivity contribution in [2.75, 3.05) is 32.5 Å². The quantitative estimate of drug-likeness (QED) is 0.0332. The van der Waals surface area contributed by atoms with Crippen molar-refractivity contribution < 1.29 is 39.1 Å². The number of nitrogen functional groups attached to an aromatic ring is 1. The fraction of sp³-hybridized carbons (Fsp3) is 0.473. The van der Waals surface area contributed by atoms with E-state index in [9.17, 15) is 20.1 Å². The minimum Gasteiger partial charge on any atom is -0.504 e. The Morgan fingerprint density at radius 2 is 1.86 bits per heavy atom. The highest BCUT2D eigenvalue weighted by Gasteiger charge is 2.64. The third kappa shape index (κ3) is 10.3. The summed E-state index contributed by atoms with van der Waals surface area (Å²) in [5.74, 6) is 0.904. The number of phenols is 3. The number of benzene rings is 2. The van der Waals surface area contributed by atoms with Gasteiger partial charge in [-0.05, 0) is 136 Å². The minimum absolute atomic E-state index is 0.0803. The van der Waals surface area contributed by atoms with Gasteiger partial charge < -0.3 is 60.9 Å². The standard InChI is InChI=1S/C55H67N9O8/c1-34(65)70-41-28-39(71-47(29-41)38-26-46(67)51(68)49(27-38)69-23-16-37-7-4-19-58-31-37)11-9-36-10-12-45(66)48(24-36)72-40-8-3-17-55(30-40)54(33-57-2)18-13-44-42-15-22-59-43(42)32-64(44)52(54)62-53(63-55)61-20-5-6-35-14-21-60-50(56)25-35/h4,7,10,12,14-15,19,21-22,24-27,31-32,39-41,44,47,52,57,66-68H,3,5-6,8-9,11,13,16-18,20,23,28-30,33H2,1-2H3,(H2,56,60)(H2,61,62,63)/t39-,40-,41+,44?,47-,52+,54-,55+/m0/s1. The topological polar surface area (TPSA) is 231 Å². The molecular weight excluding hydrogens is 915 g/mol. The van der Waals surface area contributed by atoms with Gasteiger partial charge in [0.2, 0.25) is 5.75 Å². The first kappa shape index (κ1) is 48.8.